The molecule has 0 aromatic rings. The van der Waals surface area contributed by atoms with Gasteiger partial charge in [-0.1, -0.05) is 171 Å². The van der Waals surface area contributed by atoms with Gasteiger partial charge in [-0.05, 0) is 217 Å². The fourth-order valence-electron chi connectivity index (χ4n) is 14.6. The smallest absolute Gasteiger partial charge is 0.481 e. The first-order valence-electron chi connectivity index (χ1n) is 49.6. The number of Topliss-reactive ketones (excluding diaryl/α,β-unsaturated/α-hetero) is 3. The van der Waals surface area contributed by atoms with Crippen molar-refractivity contribution in [2.24, 2.45) is 46.3 Å². The number of methoxy groups -OCH3 is 3. The van der Waals surface area contributed by atoms with Crippen molar-refractivity contribution in [3.05, 3.63) is 12.7 Å². The van der Waals surface area contributed by atoms with Gasteiger partial charge < -0.3 is 105 Å². The fourth-order valence-corrected chi connectivity index (χ4v) is 14.6. The van der Waals surface area contributed by atoms with Crippen LogP contribution in [0.3, 0.4) is 0 Å². The highest BCUT2D eigenvalue weighted by atomic mass is 16.8. The van der Waals surface area contributed by atoms with Gasteiger partial charge in [0.05, 0.1) is 64.4 Å². The van der Waals surface area contributed by atoms with Crippen LogP contribution in [0.1, 0.15) is 377 Å². The van der Waals surface area contributed by atoms with Crippen LogP contribution in [-0.2, 0) is 95.1 Å². The van der Waals surface area contributed by atoms with E-state index in [2.05, 4.69) is 76.1 Å². The van der Waals surface area contributed by atoms with Crippen molar-refractivity contribution in [3.63, 3.8) is 0 Å². The number of carbonyl (C=O) groups excluding carboxylic acids is 12. The summed E-state index contributed by atoms with van der Waals surface area (Å²) in [6.07, 6.45) is 30.1. The van der Waals surface area contributed by atoms with Gasteiger partial charge in [0.15, 0.2) is 11.6 Å². The molecule has 136 heavy (non-hydrogen) atoms. The summed E-state index contributed by atoms with van der Waals surface area (Å²) in [5.41, 5.74) is 14.2. The Bertz CT molecular complexity index is 3260. The first-order chi connectivity index (χ1) is 63.0. The Hall–Kier alpha value is -7.41. The number of esters is 3. The van der Waals surface area contributed by atoms with Crippen molar-refractivity contribution in [3.8, 4) is 0 Å². The number of rotatable bonds is 52. The number of ether oxygens (including phenoxy) is 9. The highest BCUT2D eigenvalue weighted by Crippen LogP contribution is 2.66. The molecule has 0 aromatic heterocycles. The Morgan fingerprint density at radius 2 is 0.963 bits per heavy atom. The number of ketones is 3. The van der Waals surface area contributed by atoms with Gasteiger partial charge in [-0.3, -0.25) is 38.4 Å². The van der Waals surface area contributed by atoms with E-state index in [0.29, 0.717) is 89.4 Å². The molecule has 2 aliphatic heterocycles. The van der Waals surface area contributed by atoms with Crippen LogP contribution in [-0.4, -0.2) is 252 Å². The number of unbranched alkanes of at least 4 members (excludes halogenated alkanes) is 19. The molecule has 2 heterocycles. The van der Waals surface area contributed by atoms with E-state index in [-0.39, 0.29) is 92.5 Å². The molecule has 4 amide bonds. The van der Waals surface area contributed by atoms with Crippen molar-refractivity contribution in [2.75, 3.05) is 95.0 Å². The zero-order chi connectivity index (χ0) is 104. The zero-order valence-electron chi connectivity index (χ0n) is 88.5. The molecule has 0 unspecified atom stereocenters. The monoisotopic (exact) mass is 1950 g/mol. The van der Waals surface area contributed by atoms with Gasteiger partial charge in [0, 0.05) is 90.5 Å². The SMILES string of the molecule is C.C1CCOC1.C=CC(=O)OC.CC(C)(C)OC(=O)OC(=O)OC(C)(C)C.CCCCCCCCCCCCCC(=O)C[C@@H](CCCCN)C(=O)N[C@H](C(=O)C[C@@H](C)C(=O)N[C@@H](CCCCN)C(=O)C[C@@H](C)B1O[C@@H]2C[C@@H]3C[C@@H](C3(C)C)[C@]2(C)O1)[C@@H](C)O.CCCCCCCCCCN.CN(CCC(=O)O)C(=O)OC(C)(C)C.CNCCC(=O)OC.COC(=O)CCN(C)C(=O)OC(C)(C)C. The minimum atomic E-state index is -1.25. The van der Waals surface area contributed by atoms with Gasteiger partial charge in [-0.15, -0.1) is 0 Å². The molecular weight excluding hydrogens is 1750 g/mol. The molecule has 5 fully saturated rings. The van der Waals surface area contributed by atoms with Gasteiger partial charge in [0.25, 0.3) is 0 Å². The number of carboxylic acid groups (broad SMARTS) is 1. The summed E-state index contributed by atoms with van der Waals surface area (Å²) in [5, 5.41) is 27.6. The molecular formula is C101H193BN8O26. The molecule has 3 saturated carbocycles. The fraction of sp³-hybridized carbons (Fsp3) is 0.851. The van der Waals surface area contributed by atoms with Crippen molar-refractivity contribution >= 4 is 84.7 Å². The molecule has 11 N–H and O–H groups in total. The summed E-state index contributed by atoms with van der Waals surface area (Å²) in [4.78, 5) is 156. The molecule has 796 valence electrons. The minimum Gasteiger partial charge on any atom is -0.481 e. The molecule has 0 radical (unpaired) electrons. The second-order valence-electron chi connectivity index (χ2n) is 40.2. The number of carbonyl (C=O) groups is 13. The molecule has 5 rings (SSSR count). The lowest BCUT2D eigenvalue weighted by Crippen LogP contribution is -2.65. The summed E-state index contributed by atoms with van der Waals surface area (Å²) in [5.74, 6) is -4.01. The molecule has 35 heteroatoms. The van der Waals surface area contributed by atoms with Crippen molar-refractivity contribution in [1.29, 1.82) is 0 Å². The summed E-state index contributed by atoms with van der Waals surface area (Å²) in [6.45, 7) is 45.0. The first-order valence-corrected chi connectivity index (χ1v) is 49.6. The number of hydrogen-bond donors (Lipinski definition) is 8. The zero-order valence-corrected chi connectivity index (χ0v) is 88.5. The maximum absolute atomic E-state index is 13.8. The lowest BCUT2D eigenvalue weighted by molar-refractivity contribution is -0.199. The normalized spacial score (nSPS) is 17.1. The van der Waals surface area contributed by atoms with Crippen LogP contribution in [0.5, 0.6) is 0 Å². The maximum Gasteiger partial charge on any atom is 0.519 e. The van der Waals surface area contributed by atoms with Crippen molar-refractivity contribution in [2.45, 2.75) is 435 Å². The largest absolute Gasteiger partial charge is 0.519 e. The van der Waals surface area contributed by atoms with E-state index in [1.165, 1.54) is 161 Å². The molecule has 34 nitrogen and oxygen atoms in total. The highest BCUT2D eigenvalue weighted by molar-refractivity contribution is 6.47. The summed E-state index contributed by atoms with van der Waals surface area (Å²) >= 11 is 0. The molecule has 0 spiro atoms. The van der Waals surface area contributed by atoms with Gasteiger partial charge in [-0.2, -0.15) is 0 Å². The number of aliphatic hydroxyl groups is 1. The topological polar surface area (TPSA) is 485 Å². The van der Waals surface area contributed by atoms with E-state index in [4.69, 9.17) is 55.3 Å². The standard InChI is InChI=1S/C48H87BN4O8.C10H19NO4.C10H23N.C10H18O5.C9H17NO4.C5H11NO2.C4H6O2.C4H8O.CH4/c1-8-9-10-11-12-13-14-15-16-17-18-24-38(55)30-36(23-19-21-26-50)46(59)53-44(35(4)54)41(57)28-33(2)45(58)52-39(25-20-22-27-51)40(56)29-34(3)49-60-43-32-37-31-42(47(37,5)6)48(43,7)61-49;1-10(2,3)15-9(13)11(4)7-6-8(12)14-5;1-2-3-4-5-6-7-8-9-10-11;1-9(2,3)14-7(11)13-8(12)15-10(4,5)6;1-9(2,3)14-8(13)10(4)6-5-7(11)12;1-6-4-3-5(7)8-2;1-3-4(5)6-2;1-2-4-5-3-1;/h33-37,39,42-44,54H,8-32,50-51H2,1-7H3,(H,52,58)(H,53,59);6-7H2,1-5H3;2-11H2,1H3;1-6H3;5-6H2,1-4H3,(H,11,12);6H,3-4H2,1-2H3;3H,1H2,2H3;1-4H2;1H4/t33-,34-,35-,36-,37+,39+,42+,43-,44+,48+;;;;;;;;/m1......../s1. The third kappa shape index (κ3) is 71.1. The van der Waals surface area contributed by atoms with Gasteiger partial charge in [0.1, 0.15) is 34.2 Å². The maximum atomic E-state index is 13.8. The minimum absolute atomic E-state index is 0. The van der Waals surface area contributed by atoms with E-state index < -0.39 is 114 Å². The quantitative estimate of drug-likeness (QED) is 0.00700. The summed E-state index contributed by atoms with van der Waals surface area (Å²) in [7, 11) is 8.39. The second kappa shape index (κ2) is 77.3. The number of aliphatic carboxylic acids is 1. The Labute approximate surface area is 820 Å². The van der Waals surface area contributed by atoms with Crippen LogP contribution in [0.2, 0.25) is 5.82 Å². The number of aliphatic hydroxyl groups excluding tert-OH is 1. The Balaban J connectivity index is -0.000000607. The number of amides is 4. The van der Waals surface area contributed by atoms with Gasteiger partial charge in [-0.25, -0.2) is 24.0 Å². The predicted molar refractivity (Wildman–Crippen MR) is 535 cm³/mol. The number of hydrogen-bond acceptors (Lipinski definition) is 29. The lowest BCUT2D eigenvalue weighted by Gasteiger charge is -2.64. The number of nitrogens with zero attached hydrogens (tertiary/aromatic N) is 2. The first kappa shape index (κ1) is 137. The van der Waals surface area contributed by atoms with Gasteiger partial charge >= 0.3 is 55.5 Å². The Morgan fingerprint density at radius 1 is 0.537 bits per heavy atom. The second-order valence-corrected chi connectivity index (χ2v) is 40.2. The van der Waals surface area contributed by atoms with Crippen LogP contribution in [0.4, 0.5) is 19.2 Å². The molecule has 2 saturated heterocycles. The van der Waals surface area contributed by atoms with Crippen molar-refractivity contribution < 1.29 is 124 Å². The average molecular weight is 1950 g/mol. The average Bonchev–Trinajstić information content (AvgIpc) is 1.54. The highest BCUT2D eigenvalue weighted by Gasteiger charge is 2.68. The van der Waals surface area contributed by atoms with E-state index >= 15 is 0 Å². The van der Waals surface area contributed by atoms with Crippen LogP contribution >= 0.6 is 0 Å². The number of nitrogens with two attached hydrogens (primary N) is 3. The Kier molecular flexibility index (Phi) is 77.9. The summed E-state index contributed by atoms with van der Waals surface area (Å²) in [6, 6.07) is -2.02. The van der Waals surface area contributed by atoms with Gasteiger partial charge in [0.2, 0.25) is 11.8 Å². The molecule has 3 aliphatic carbocycles. The van der Waals surface area contributed by atoms with Crippen molar-refractivity contribution in [1.82, 2.24) is 25.8 Å². The molecule has 5 aliphatic rings. The Morgan fingerprint density at radius 3 is 1.35 bits per heavy atom. The van der Waals surface area contributed by atoms with E-state index in [1.54, 1.807) is 104 Å². The molecule has 0 aromatic carbocycles. The lowest BCUT2D eigenvalue weighted by atomic mass is 9.43. The summed E-state index contributed by atoms with van der Waals surface area (Å²) < 4.78 is 54.9. The number of carboxylic acids is 1. The molecule has 10 atom stereocenters. The van der Waals surface area contributed by atoms with Crippen LogP contribution in [0.15, 0.2) is 12.7 Å². The van der Waals surface area contributed by atoms with E-state index in [1.807, 2.05) is 6.92 Å². The predicted octanol–water partition coefficient (Wildman–Crippen LogP) is 17.8. The third-order valence-corrected chi connectivity index (χ3v) is 22.6. The van der Waals surface area contributed by atoms with E-state index in [0.717, 1.165) is 57.9 Å². The third-order valence-electron chi connectivity index (χ3n) is 22.6. The van der Waals surface area contributed by atoms with Crippen LogP contribution in [0, 0.1) is 29.1 Å². The van der Waals surface area contributed by atoms with Crippen LogP contribution in [0.25, 0.3) is 0 Å². The van der Waals surface area contributed by atoms with Crippen LogP contribution < -0.4 is 33.2 Å². The number of nitrogens with one attached hydrogen (secondary N) is 3. The molecule has 2 bridgehead atoms. The van der Waals surface area contributed by atoms with E-state index in [9.17, 15) is 67.4 Å².